The first-order chi connectivity index (χ1) is 11.7. The average Bonchev–Trinajstić information content (AvgIpc) is 2.62. The van der Waals surface area contributed by atoms with Gasteiger partial charge in [-0.05, 0) is 69.1 Å². The van der Waals surface area contributed by atoms with Crippen molar-refractivity contribution in [2.75, 3.05) is 6.61 Å². The lowest BCUT2D eigenvalue weighted by molar-refractivity contribution is -0.00705. The van der Waals surface area contributed by atoms with Crippen LogP contribution in [0.1, 0.15) is 48.8 Å². The third-order valence-electron chi connectivity index (χ3n) is 4.78. The fraction of sp³-hybridized carbons (Fsp3) is 0.550. The molecule has 1 fully saturated rings. The van der Waals surface area contributed by atoms with E-state index in [0.717, 1.165) is 43.8 Å². The normalized spacial score (nSPS) is 20.9. The standard InChI is InChI=1S/C20H27N3O/c1-15-3-8-19(21-11-15)9-6-18-12-22-20(23-13-18)10-7-17-5-4-16(2)24-14-17/h3,8,11-13,16-17H,4-7,9-10,14H2,1-2H3. The zero-order chi connectivity index (χ0) is 16.8. The summed E-state index contributed by atoms with van der Waals surface area (Å²) < 4.78 is 5.73. The van der Waals surface area contributed by atoms with Crippen LogP contribution in [0.15, 0.2) is 30.7 Å². The molecule has 2 aromatic heterocycles. The topological polar surface area (TPSA) is 47.9 Å². The maximum absolute atomic E-state index is 5.73. The number of aromatic nitrogens is 3. The van der Waals surface area contributed by atoms with Crippen LogP contribution in [0.4, 0.5) is 0 Å². The van der Waals surface area contributed by atoms with Crippen LogP contribution in [0.25, 0.3) is 0 Å². The van der Waals surface area contributed by atoms with Crippen molar-refractivity contribution in [2.24, 2.45) is 5.92 Å². The molecule has 0 aromatic carbocycles. The van der Waals surface area contributed by atoms with Crippen molar-refractivity contribution in [2.45, 2.75) is 58.5 Å². The van der Waals surface area contributed by atoms with Gasteiger partial charge in [0.15, 0.2) is 0 Å². The molecule has 2 unspecified atom stereocenters. The van der Waals surface area contributed by atoms with Gasteiger partial charge in [-0.25, -0.2) is 9.97 Å². The highest BCUT2D eigenvalue weighted by Gasteiger charge is 2.18. The van der Waals surface area contributed by atoms with Crippen LogP contribution in [0, 0.1) is 12.8 Å². The maximum Gasteiger partial charge on any atom is 0.128 e. The Labute approximate surface area is 144 Å². The Morgan fingerprint density at radius 3 is 2.50 bits per heavy atom. The first-order valence-electron chi connectivity index (χ1n) is 9.02. The predicted molar refractivity (Wildman–Crippen MR) is 94.9 cm³/mol. The molecule has 1 saturated heterocycles. The van der Waals surface area contributed by atoms with E-state index in [9.17, 15) is 0 Å². The van der Waals surface area contributed by atoms with Crippen LogP contribution >= 0.6 is 0 Å². The van der Waals surface area contributed by atoms with Crippen molar-refractivity contribution in [1.29, 1.82) is 0 Å². The summed E-state index contributed by atoms with van der Waals surface area (Å²) in [7, 11) is 0. The molecule has 0 aliphatic carbocycles. The molecule has 128 valence electrons. The Hall–Kier alpha value is -1.81. The Balaban J connectivity index is 1.44. The lowest BCUT2D eigenvalue weighted by Gasteiger charge is -2.26. The van der Waals surface area contributed by atoms with Gasteiger partial charge in [0.2, 0.25) is 0 Å². The van der Waals surface area contributed by atoms with Gasteiger partial charge < -0.3 is 4.74 Å². The highest BCUT2D eigenvalue weighted by Crippen LogP contribution is 2.22. The van der Waals surface area contributed by atoms with Gasteiger partial charge in [-0.3, -0.25) is 4.98 Å². The van der Waals surface area contributed by atoms with E-state index in [1.807, 2.05) is 18.6 Å². The van der Waals surface area contributed by atoms with Crippen molar-refractivity contribution in [3.05, 3.63) is 53.4 Å². The van der Waals surface area contributed by atoms with Crippen LogP contribution in [-0.4, -0.2) is 27.7 Å². The van der Waals surface area contributed by atoms with E-state index in [-0.39, 0.29) is 0 Å². The summed E-state index contributed by atoms with van der Waals surface area (Å²) in [6.07, 6.45) is 12.7. The number of hydrogen-bond acceptors (Lipinski definition) is 4. The van der Waals surface area contributed by atoms with E-state index in [1.54, 1.807) is 0 Å². The Morgan fingerprint density at radius 1 is 1.00 bits per heavy atom. The van der Waals surface area contributed by atoms with Crippen molar-refractivity contribution in [3.63, 3.8) is 0 Å². The molecule has 1 aliphatic heterocycles. The molecule has 1 aliphatic rings. The average molecular weight is 325 g/mol. The molecule has 3 rings (SSSR count). The quantitative estimate of drug-likeness (QED) is 0.812. The minimum absolute atomic E-state index is 0.430. The van der Waals surface area contributed by atoms with Gasteiger partial charge in [0, 0.05) is 37.3 Å². The Morgan fingerprint density at radius 2 is 1.83 bits per heavy atom. The van der Waals surface area contributed by atoms with Gasteiger partial charge in [-0.15, -0.1) is 0 Å². The second kappa shape index (κ2) is 8.34. The van der Waals surface area contributed by atoms with E-state index in [4.69, 9.17) is 4.74 Å². The molecule has 3 heterocycles. The molecule has 0 amide bonds. The number of rotatable bonds is 6. The fourth-order valence-electron chi connectivity index (χ4n) is 3.06. The molecule has 0 saturated carbocycles. The Kier molecular flexibility index (Phi) is 5.91. The molecule has 0 radical (unpaired) electrons. The summed E-state index contributed by atoms with van der Waals surface area (Å²) >= 11 is 0. The summed E-state index contributed by atoms with van der Waals surface area (Å²) in [6, 6.07) is 4.20. The number of pyridine rings is 1. The minimum Gasteiger partial charge on any atom is -0.378 e. The molecular weight excluding hydrogens is 298 g/mol. The zero-order valence-electron chi connectivity index (χ0n) is 14.7. The molecule has 2 atom stereocenters. The first kappa shape index (κ1) is 17.0. The minimum atomic E-state index is 0.430. The molecule has 0 spiro atoms. The second-order valence-electron chi connectivity index (χ2n) is 6.96. The molecule has 4 nitrogen and oxygen atoms in total. The summed E-state index contributed by atoms with van der Waals surface area (Å²) in [5.41, 5.74) is 3.50. The van der Waals surface area contributed by atoms with Gasteiger partial charge in [0.1, 0.15) is 5.82 Å². The fourth-order valence-corrected chi connectivity index (χ4v) is 3.06. The molecule has 0 N–H and O–H groups in total. The molecule has 24 heavy (non-hydrogen) atoms. The first-order valence-corrected chi connectivity index (χ1v) is 9.02. The van der Waals surface area contributed by atoms with E-state index < -0.39 is 0 Å². The number of aryl methyl sites for hydroxylation is 4. The van der Waals surface area contributed by atoms with Crippen LogP contribution < -0.4 is 0 Å². The Bertz CT molecular complexity index is 616. The molecule has 4 heteroatoms. The largest absolute Gasteiger partial charge is 0.378 e. The number of hydrogen-bond donors (Lipinski definition) is 0. The SMILES string of the molecule is Cc1ccc(CCc2cnc(CCC3CCC(C)OC3)nc2)nc1. The monoisotopic (exact) mass is 325 g/mol. The van der Waals surface area contributed by atoms with Gasteiger partial charge >= 0.3 is 0 Å². The van der Waals surface area contributed by atoms with Crippen LogP contribution in [0.3, 0.4) is 0 Å². The summed E-state index contributed by atoms with van der Waals surface area (Å²) in [6.45, 7) is 5.11. The van der Waals surface area contributed by atoms with Gasteiger partial charge in [-0.2, -0.15) is 0 Å². The third-order valence-corrected chi connectivity index (χ3v) is 4.78. The van der Waals surface area contributed by atoms with E-state index >= 15 is 0 Å². The molecular formula is C20H27N3O. The number of nitrogens with zero attached hydrogens (tertiary/aromatic N) is 3. The van der Waals surface area contributed by atoms with Gasteiger partial charge in [0.05, 0.1) is 6.10 Å². The van der Waals surface area contributed by atoms with E-state index in [0.29, 0.717) is 12.0 Å². The highest BCUT2D eigenvalue weighted by molar-refractivity contribution is 5.14. The maximum atomic E-state index is 5.73. The summed E-state index contributed by atoms with van der Waals surface area (Å²) in [4.78, 5) is 13.5. The summed E-state index contributed by atoms with van der Waals surface area (Å²) in [5.74, 6) is 1.61. The van der Waals surface area contributed by atoms with Crippen molar-refractivity contribution in [1.82, 2.24) is 15.0 Å². The van der Waals surface area contributed by atoms with Crippen molar-refractivity contribution >= 4 is 0 Å². The second-order valence-corrected chi connectivity index (χ2v) is 6.96. The van der Waals surface area contributed by atoms with Crippen LogP contribution in [-0.2, 0) is 24.0 Å². The molecule has 2 aromatic rings. The highest BCUT2D eigenvalue weighted by atomic mass is 16.5. The van der Waals surface area contributed by atoms with E-state index in [1.165, 1.54) is 24.0 Å². The van der Waals surface area contributed by atoms with Gasteiger partial charge in [0.25, 0.3) is 0 Å². The molecule has 0 bridgehead atoms. The van der Waals surface area contributed by atoms with Crippen LogP contribution in [0.2, 0.25) is 0 Å². The lowest BCUT2D eigenvalue weighted by Crippen LogP contribution is -2.24. The van der Waals surface area contributed by atoms with Crippen LogP contribution in [0.5, 0.6) is 0 Å². The van der Waals surface area contributed by atoms with Gasteiger partial charge in [-0.1, -0.05) is 6.07 Å². The lowest BCUT2D eigenvalue weighted by atomic mass is 9.94. The van der Waals surface area contributed by atoms with Crippen molar-refractivity contribution in [3.8, 4) is 0 Å². The third kappa shape index (κ3) is 5.10. The number of ether oxygens (including phenoxy) is 1. The zero-order valence-corrected chi connectivity index (χ0v) is 14.7. The predicted octanol–water partition coefficient (Wildman–Crippen LogP) is 3.71. The smallest absolute Gasteiger partial charge is 0.128 e. The summed E-state index contributed by atoms with van der Waals surface area (Å²) in [5, 5.41) is 0. The van der Waals surface area contributed by atoms with Crippen molar-refractivity contribution < 1.29 is 4.74 Å². The van der Waals surface area contributed by atoms with E-state index in [2.05, 4.69) is 40.9 Å².